The zero-order valence-corrected chi connectivity index (χ0v) is 21.7. The summed E-state index contributed by atoms with van der Waals surface area (Å²) in [7, 11) is 0. The molecule has 0 radical (unpaired) electrons. The normalized spacial score (nSPS) is 19.4. The van der Waals surface area contributed by atoms with E-state index in [1.165, 1.54) is 18.9 Å². The fourth-order valence-electron chi connectivity index (χ4n) is 5.45. The van der Waals surface area contributed by atoms with Crippen LogP contribution in [0.3, 0.4) is 0 Å². The number of fused-ring (bicyclic) bond motifs is 1. The van der Waals surface area contributed by atoms with Crippen LogP contribution in [0.15, 0.2) is 54.7 Å². The molecule has 8 heteroatoms. The second-order valence-electron chi connectivity index (χ2n) is 10.5. The van der Waals surface area contributed by atoms with Gasteiger partial charge in [0.25, 0.3) is 0 Å². The molecule has 1 saturated carbocycles. The van der Waals surface area contributed by atoms with Crippen molar-refractivity contribution in [2.45, 2.75) is 82.7 Å². The molecule has 1 aliphatic carbocycles. The Balaban J connectivity index is 1.26. The average Bonchev–Trinajstić information content (AvgIpc) is 3.32. The number of aryl methyl sites for hydroxylation is 1. The van der Waals surface area contributed by atoms with Crippen molar-refractivity contribution in [2.24, 2.45) is 0 Å². The van der Waals surface area contributed by atoms with Gasteiger partial charge in [-0.2, -0.15) is 0 Å². The van der Waals surface area contributed by atoms with Gasteiger partial charge < -0.3 is 20.5 Å². The largest absolute Gasteiger partial charge is 0.487 e. The number of rotatable bonds is 10. The number of nitrogens with one attached hydrogen (secondary N) is 2. The first-order chi connectivity index (χ1) is 17.9. The number of carbonyl (C=O) groups excluding carboxylic acids is 1. The van der Waals surface area contributed by atoms with Gasteiger partial charge in [0.15, 0.2) is 0 Å². The minimum absolute atomic E-state index is 0.0925. The molecule has 1 aromatic heterocycles. The van der Waals surface area contributed by atoms with Gasteiger partial charge in [-0.05, 0) is 42.9 Å². The van der Waals surface area contributed by atoms with Gasteiger partial charge in [-0.3, -0.25) is 4.79 Å². The van der Waals surface area contributed by atoms with E-state index < -0.39 is 12.1 Å². The Labute approximate surface area is 218 Å². The first-order valence-corrected chi connectivity index (χ1v) is 13.4. The Morgan fingerprint density at radius 2 is 2.03 bits per heavy atom. The molecule has 3 atom stereocenters. The number of aliphatic hydroxyl groups is 1. The zero-order chi connectivity index (χ0) is 25.8. The molecule has 0 bridgehead atoms. The topological polar surface area (TPSA) is 101 Å². The number of nitrogens with zero attached hydrogens (tertiary/aromatic N) is 3. The van der Waals surface area contributed by atoms with Crippen LogP contribution >= 0.6 is 0 Å². The third-order valence-corrected chi connectivity index (χ3v) is 7.65. The summed E-state index contributed by atoms with van der Waals surface area (Å²) in [5.74, 6) is 0.765. The highest BCUT2D eigenvalue weighted by atomic mass is 16.5. The summed E-state index contributed by atoms with van der Waals surface area (Å²) in [6, 6.07) is 16.1. The lowest BCUT2D eigenvalue weighted by molar-refractivity contribution is -0.120. The van der Waals surface area contributed by atoms with Crippen LogP contribution in [-0.2, 0) is 24.2 Å². The Hall–Kier alpha value is -3.23. The first kappa shape index (κ1) is 25.4. The van der Waals surface area contributed by atoms with Crippen LogP contribution in [0.2, 0.25) is 0 Å². The van der Waals surface area contributed by atoms with Gasteiger partial charge in [-0.25, -0.2) is 4.68 Å². The number of hydrogen-bond acceptors (Lipinski definition) is 6. The number of carbonyl (C=O) groups is 1. The standard InChI is InChI=1S/C29H37N5O3/c1-3-21-10-11-28-24(14-21)26(16-29(37-28)12-7-13-29)30-17-27(36)25(31-20(2)35)15-23-19-34(33-32-23)18-22-8-5-4-6-9-22/h4-6,8-11,14,19,25-27,30,36H,3,7,12-13,15-18H2,1-2H3,(H,31,35)/t25-,26-,27-/m0/s1. The molecule has 0 unspecified atom stereocenters. The molecule has 37 heavy (non-hydrogen) atoms. The van der Waals surface area contributed by atoms with Crippen LogP contribution in [0.5, 0.6) is 5.75 Å². The van der Waals surface area contributed by atoms with Crippen LogP contribution in [0.25, 0.3) is 0 Å². The maximum absolute atomic E-state index is 12.0. The van der Waals surface area contributed by atoms with Crippen LogP contribution in [0.4, 0.5) is 0 Å². The van der Waals surface area contributed by atoms with Crippen LogP contribution < -0.4 is 15.4 Å². The van der Waals surface area contributed by atoms with E-state index in [9.17, 15) is 9.90 Å². The summed E-state index contributed by atoms with van der Waals surface area (Å²) in [6.45, 7) is 4.59. The molecule has 0 saturated heterocycles. The fourth-order valence-corrected chi connectivity index (χ4v) is 5.45. The van der Waals surface area contributed by atoms with E-state index in [0.29, 0.717) is 19.5 Å². The molecule has 1 amide bonds. The molecule has 2 aliphatic rings. The molecule has 1 spiro atoms. The van der Waals surface area contributed by atoms with Crippen molar-refractivity contribution in [1.29, 1.82) is 0 Å². The Kier molecular flexibility index (Phi) is 7.58. The van der Waals surface area contributed by atoms with Gasteiger partial charge in [0.1, 0.15) is 11.4 Å². The van der Waals surface area contributed by atoms with Gasteiger partial charge in [0, 0.05) is 44.1 Å². The van der Waals surface area contributed by atoms with Crippen molar-refractivity contribution in [1.82, 2.24) is 25.6 Å². The van der Waals surface area contributed by atoms with Gasteiger partial charge in [-0.1, -0.05) is 54.6 Å². The molecule has 2 aromatic carbocycles. The highest BCUT2D eigenvalue weighted by Crippen LogP contribution is 2.49. The number of benzene rings is 2. The van der Waals surface area contributed by atoms with E-state index in [1.54, 1.807) is 4.68 Å². The maximum Gasteiger partial charge on any atom is 0.217 e. The summed E-state index contributed by atoms with van der Waals surface area (Å²) in [5, 5.41) is 26.2. The van der Waals surface area contributed by atoms with Crippen LogP contribution in [-0.4, -0.2) is 50.3 Å². The van der Waals surface area contributed by atoms with E-state index >= 15 is 0 Å². The lowest BCUT2D eigenvalue weighted by atomic mass is 9.72. The third-order valence-electron chi connectivity index (χ3n) is 7.65. The Morgan fingerprint density at radius 1 is 1.22 bits per heavy atom. The number of aromatic nitrogens is 3. The molecular formula is C29H37N5O3. The highest BCUT2D eigenvalue weighted by Gasteiger charge is 2.45. The second kappa shape index (κ2) is 11.0. The summed E-state index contributed by atoms with van der Waals surface area (Å²) >= 11 is 0. The fraction of sp³-hybridized carbons (Fsp3) is 0.483. The second-order valence-corrected chi connectivity index (χ2v) is 10.5. The monoisotopic (exact) mass is 503 g/mol. The number of aliphatic hydroxyl groups excluding tert-OH is 1. The van der Waals surface area contributed by atoms with Crippen molar-refractivity contribution in [3.05, 3.63) is 77.1 Å². The molecular weight excluding hydrogens is 466 g/mol. The summed E-state index contributed by atoms with van der Waals surface area (Å²) < 4.78 is 8.22. The van der Waals surface area contributed by atoms with E-state index in [1.807, 2.05) is 36.5 Å². The van der Waals surface area contributed by atoms with Gasteiger partial charge in [0.2, 0.25) is 5.91 Å². The zero-order valence-electron chi connectivity index (χ0n) is 21.7. The number of amides is 1. The molecule has 8 nitrogen and oxygen atoms in total. The molecule has 5 rings (SSSR count). The number of ether oxygens (including phenoxy) is 1. The summed E-state index contributed by atoms with van der Waals surface area (Å²) in [6.07, 6.45) is 6.65. The smallest absolute Gasteiger partial charge is 0.217 e. The average molecular weight is 504 g/mol. The van der Waals surface area contributed by atoms with Crippen molar-refractivity contribution in [3.63, 3.8) is 0 Å². The van der Waals surface area contributed by atoms with E-state index in [2.05, 4.69) is 46.1 Å². The van der Waals surface area contributed by atoms with Gasteiger partial charge in [0.05, 0.1) is 24.4 Å². The number of hydrogen-bond donors (Lipinski definition) is 3. The molecule has 3 N–H and O–H groups in total. The summed E-state index contributed by atoms with van der Waals surface area (Å²) in [5.41, 5.74) is 4.19. The van der Waals surface area contributed by atoms with E-state index in [-0.39, 0.29) is 17.6 Å². The van der Waals surface area contributed by atoms with E-state index in [0.717, 1.165) is 48.3 Å². The van der Waals surface area contributed by atoms with Gasteiger partial charge in [-0.15, -0.1) is 5.10 Å². The van der Waals surface area contributed by atoms with Crippen molar-refractivity contribution < 1.29 is 14.6 Å². The van der Waals surface area contributed by atoms with Gasteiger partial charge >= 0.3 is 0 Å². The predicted octanol–water partition coefficient (Wildman–Crippen LogP) is 3.33. The lowest BCUT2D eigenvalue weighted by Crippen LogP contribution is -2.52. The Bertz CT molecular complexity index is 1210. The predicted molar refractivity (Wildman–Crippen MR) is 141 cm³/mol. The quantitative estimate of drug-likeness (QED) is 0.392. The maximum atomic E-state index is 12.0. The van der Waals surface area contributed by atoms with Crippen molar-refractivity contribution in [3.8, 4) is 5.75 Å². The molecule has 2 heterocycles. The van der Waals surface area contributed by atoms with Crippen LogP contribution in [0, 0.1) is 0 Å². The minimum atomic E-state index is -0.791. The minimum Gasteiger partial charge on any atom is -0.487 e. The molecule has 1 aliphatic heterocycles. The SMILES string of the molecule is CCc1ccc2c(c1)[C@@H](NC[C@H](O)[C@H](Cc1cn(Cc3ccccc3)nn1)NC(C)=O)CC1(CCC1)O2. The third kappa shape index (κ3) is 6.02. The first-order valence-electron chi connectivity index (χ1n) is 13.4. The van der Waals surface area contributed by atoms with Crippen molar-refractivity contribution >= 4 is 5.91 Å². The van der Waals surface area contributed by atoms with Crippen molar-refractivity contribution in [2.75, 3.05) is 6.54 Å². The van der Waals surface area contributed by atoms with Crippen LogP contribution in [0.1, 0.15) is 68.0 Å². The summed E-state index contributed by atoms with van der Waals surface area (Å²) in [4.78, 5) is 12.0. The molecule has 1 fully saturated rings. The Morgan fingerprint density at radius 3 is 2.73 bits per heavy atom. The molecule has 3 aromatic rings. The lowest BCUT2D eigenvalue weighted by Gasteiger charge is -2.48. The highest BCUT2D eigenvalue weighted by molar-refractivity contribution is 5.73. The molecule has 196 valence electrons. The van der Waals surface area contributed by atoms with E-state index in [4.69, 9.17) is 4.74 Å².